The Balaban J connectivity index is 2.85. The van der Waals surface area contributed by atoms with Crippen LogP contribution < -0.4 is 5.73 Å². The van der Waals surface area contributed by atoms with Crippen LogP contribution in [0.2, 0.25) is 0 Å². The predicted molar refractivity (Wildman–Crippen MR) is 55.8 cm³/mol. The highest BCUT2D eigenvalue weighted by atomic mass is 32.2. The zero-order valence-electron chi connectivity index (χ0n) is 7.97. The van der Waals surface area contributed by atoms with E-state index in [1.165, 1.54) is 23.9 Å². The summed E-state index contributed by atoms with van der Waals surface area (Å²) in [4.78, 5) is 0.984. The highest BCUT2D eigenvalue weighted by molar-refractivity contribution is 7.98. The maximum absolute atomic E-state index is 13.3. The van der Waals surface area contributed by atoms with Crippen LogP contribution in [-0.2, 0) is 5.92 Å². The lowest BCUT2D eigenvalue weighted by Gasteiger charge is -2.15. The van der Waals surface area contributed by atoms with Gasteiger partial charge in [-0.2, -0.15) is 0 Å². The number of thioether (sulfide) groups is 1. The van der Waals surface area contributed by atoms with Gasteiger partial charge in [0.25, 0.3) is 5.92 Å². The SMILES string of the molecule is CSc1ccc(C(F)(F)CCN)cc1. The second kappa shape index (κ2) is 4.75. The summed E-state index contributed by atoms with van der Waals surface area (Å²) in [6.07, 6.45) is 1.61. The second-order valence-electron chi connectivity index (χ2n) is 2.97. The van der Waals surface area contributed by atoms with Gasteiger partial charge in [-0.1, -0.05) is 12.1 Å². The molecule has 2 N–H and O–H groups in total. The van der Waals surface area contributed by atoms with Crippen LogP contribution in [0.4, 0.5) is 8.78 Å². The van der Waals surface area contributed by atoms with Gasteiger partial charge in [-0.15, -0.1) is 11.8 Å². The van der Waals surface area contributed by atoms with Crippen LogP contribution in [0.15, 0.2) is 29.2 Å². The van der Waals surface area contributed by atoms with Gasteiger partial charge in [-0.3, -0.25) is 0 Å². The standard InChI is InChI=1S/C10H13F2NS/c1-14-9-4-2-8(3-5-9)10(11,12)6-7-13/h2-5H,6-7,13H2,1H3. The molecule has 0 saturated heterocycles. The predicted octanol–water partition coefficient (Wildman–Crippen LogP) is 2.85. The first kappa shape index (κ1) is 11.5. The van der Waals surface area contributed by atoms with E-state index in [0.717, 1.165) is 4.90 Å². The van der Waals surface area contributed by atoms with E-state index in [1.54, 1.807) is 12.1 Å². The molecule has 0 aromatic heterocycles. The number of alkyl halides is 2. The molecule has 0 aliphatic heterocycles. The van der Waals surface area contributed by atoms with Gasteiger partial charge in [0, 0.05) is 16.9 Å². The van der Waals surface area contributed by atoms with Crippen LogP contribution in [0.25, 0.3) is 0 Å². The molecule has 0 radical (unpaired) electrons. The van der Waals surface area contributed by atoms with Crippen molar-refractivity contribution in [1.82, 2.24) is 0 Å². The van der Waals surface area contributed by atoms with E-state index in [-0.39, 0.29) is 18.5 Å². The molecule has 0 aliphatic carbocycles. The third-order valence-corrected chi connectivity index (χ3v) is 2.71. The summed E-state index contributed by atoms with van der Waals surface area (Å²) in [7, 11) is 0. The highest BCUT2D eigenvalue weighted by Gasteiger charge is 2.29. The van der Waals surface area contributed by atoms with E-state index in [1.807, 2.05) is 6.26 Å². The molecule has 0 spiro atoms. The van der Waals surface area contributed by atoms with Gasteiger partial charge in [-0.25, -0.2) is 8.78 Å². The van der Waals surface area contributed by atoms with Gasteiger partial charge in [0.15, 0.2) is 0 Å². The van der Waals surface area contributed by atoms with Crippen LogP contribution in [0, 0.1) is 0 Å². The minimum Gasteiger partial charge on any atom is -0.330 e. The molecule has 0 atom stereocenters. The zero-order valence-corrected chi connectivity index (χ0v) is 8.78. The first-order valence-corrected chi connectivity index (χ1v) is 5.55. The smallest absolute Gasteiger partial charge is 0.274 e. The maximum atomic E-state index is 13.3. The fourth-order valence-electron chi connectivity index (χ4n) is 1.16. The van der Waals surface area contributed by atoms with E-state index < -0.39 is 5.92 Å². The highest BCUT2D eigenvalue weighted by Crippen LogP contribution is 2.31. The Morgan fingerprint density at radius 1 is 1.29 bits per heavy atom. The molecule has 0 saturated carbocycles. The molecule has 0 unspecified atom stereocenters. The lowest BCUT2D eigenvalue weighted by atomic mass is 10.1. The second-order valence-corrected chi connectivity index (χ2v) is 3.85. The molecular formula is C10H13F2NS. The molecule has 0 amide bonds. The quantitative estimate of drug-likeness (QED) is 0.785. The van der Waals surface area contributed by atoms with Crippen molar-refractivity contribution in [3.8, 4) is 0 Å². The normalized spacial score (nSPS) is 11.7. The van der Waals surface area contributed by atoms with Crippen molar-refractivity contribution in [2.24, 2.45) is 5.73 Å². The van der Waals surface area contributed by atoms with Gasteiger partial charge >= 0.3 is 0 Å². The first-order valence-electron chi connectivity index (χ1n) is 4.32. The number of nitrogens with two attached hydrogens (primary N) is 1. The summed E-state index contributed by atoms with van der Waals surface area (Å²) < 4.78 is 26.6. The van der Waals surface area contributed by atoms with Gasteiger partial charge in [0.05, 0.1) is 0 Å². The molecule has 1 rings (SSSR count). The molecule has 1 aromatic rings. The van der Waals surface area contributed by atoms with Crippen molar-refractivity contribution in [2.75, 3.05) is 12.8 Å². The Kier molecular flexibility index (Phi) is 3.89. The third kappa shape index (κ3) is 2.69. The fraction of sp³-hybridized carbons (Fsp3) is 0.400. The van der Waals surface area contributed by atoms with Gasteiger partial charge in [-0.05, 0) is 24.9 Å². The van der Waals surface area contributed by atoms with Gasteiger partial charge < -0.3 is 5.73 Å². The van der Waals surface area contributed by atoms with Crippen LogP contribution >= 0.6 is 11.8 Å². The average molecular weight is 217 g/mol. The fourth-order valence-corrected chi connectivity index (χ4v) is 1.57. The van der Waals surface area contributed by atoms with Crippen molar-refractivity contribution >= 4 is 11.8 Å². The number of hydrogen-bond acceptors (Lipinski definition) is 2. The molecule has 0 heterocycles. The van der Waals surface area contributed by atoms with Crippen LogP contribution in [-0.4, -0.2) is 12.8 Å². The number of halogens is 2. The van der Waals surface area contributed by atoms with Gasteiger partial charge in [0.2, 0.25) is 0 Å². The molecule has 0 aliphatic rings. The molecule has 0 bridgehead atoms. The minimum absolute atomic E-state index is 0.00270. The van der Waals surface area contributed by atoms with Crippen molar-refractivity contribution in [2.45, 2.75) is 17.2 Å². The molecule has 14 heavy (non-hydrogen) atoms. The van der Waals surface area contributed by atoms with E-state index in [0.29, 0.717) is 0 Å². The molecule has 78 valence electrons. The summed E-state index contributed by atoms with van der Waals surface area (Å²) in [6, 6.07) is 6.32. The molecule has 1 nitrogen and oxygen atoms in total. The van der Waals surface area contributed by atoms with Crippen LogP contribution in [0.5, 0.6) is 0 Å². The summed E-state index contributed by atoms with van der Waals surface area (Å²) in [5.41, 5.74) is 5.17. The summed E-state index contributed by atoms with van der Waals surface area (Å²) in [6.45, 7) is -0.00270. The summed E-state index contributed by atoms with van der Waals surface area (Å²) >= 11 is 1.53. The molecule has 0 fully saturated rings. The first-order chi connectivity index (χ1) is 6.60. The number of hydrogen-bond donors (Lipinski definition) is 1. The topological polar surface area (TPSA) is 26.0 Å². The van der Waals surface area contributed by atoms with Crippen molar-refractivity contribution < 1.29 is 8.78 Å². The molecular weight excluding hydrogens is 204 g/mol. The Labute approximate surface area is 86.7 Å². The van der Waals surface area contributed by atoms with Crippen molar-refractivity contribution in [1.29, 1.82) is 0 Å². The van der Waals surface area contributed by atoms with E-state index in [2.05, 4.69) is 0 Å². The van der Waals surface area contributed by atoms with Crippen LogP contribution in [0.1, 0.15) is 12.0 Å². The summed E-state index contributed by atoms with van der Waals surface area (Å²) in [5.74, 6) is -2.80. The Bertz CT molecular complexity index is 285. The summed E-state index contributed by atoms with van der Waals surface area (Å²) in [5, 5.41) is 0. The maximum Gasteiger partial charge on any atom is 0.274 e. The number of rotatable bonds is 4. The third-order valence-electron chi connectivity index (χ3n) is 1.97. The Morgan fingerprint density at radius 2 is 1.86 bits per heavy atom. The number of benzene rings is 1. The van der Waals surface area contributed by atoms with E-state index in [4.69, 9.17) is 5.73 Å². The van der Waals surface area contributed by atoms with Crippen molar-refractivity contribution in [3.05, 3.63) is 29.8 Å². The largest absolute Gasteiger partial charge is 0.330 e. The average Bonchev–Trinajstić information content (AvgIpc) is 2.18. The lowest BCUT2D eigenvalue weighted by Crippen LogP contribution is -2.18. The Morgan fingerprint density at radius 3 is 2.29 bits per heavy atom. The minimum atomic E-state index is -2.80. The lowest BCUT2D eigenvalue weighted by molar-refractivity contribution is -0.0107. The zero-order chi connectivity index (χ0) is 10.6. The monoisotopic (exact) mass is 217 g/mol. The molecule has 1 aromatic carbocycles. The van der Waals surface area contributed by atoms with Crippen LogP contribution in [0.3, 0.4) is 0 Å². The Hall–Kier alpha value is -0.610. The van der Waals surface area contributed by atoms with E-state index in [9.17, 15) is 8.78 Å². The molecule has 4 heteroatoms. The van der Waals surface area contributed by atoms with Crippen molar-refractivity contribution in [3.63, 3.8) is 0 Å². The van der Waals surface area contributed by atoms with E-state index >= 15 is 0 Å². The van der Waals surface area contributed by atoms with Gasteiger partial charge in [0.1, 0.15) is 0 Å².